The SMILES string of the molecule is COc1ccccc1N1CCN(c2ccc(-n3cnn(CC(O)(Cn4cncn4)c4ccc(F)cc4F)c3=O)cc2)CC1. The molecule has 1 fully saturated rings. The van der Waals surface area contributed by atoms with E-state index in [9.17, 15) is 18.7 Å². The molecule has 1 aliphatic rings. The minimum atomic E-state index is -1.98. The molecule has 0 amide bonds. The molecule has 3 aromatic carbocycles. The number of piperazine rings is 1. The number of halogens is 2. The van der Waals surface area contributed by atoms with Crippen LogP contribution in [0.1, 0.15) is 5.56 Å². The van der Waals surface area contributed by atoms with Crippen molar-refractivity contribution in [3.63, 3.8) is 0 Å². The second kappa shape index (κ2) is 11.7. The summed E-state index contributed by atoms with van der Waals surface area (Å²) in [5.74, 6) is -0.882. The molecule has 13 heteroatoms. The highest BCUT2D eigenvalue weighted by molar-refractivity contribution is 5.60. The summed E-state index contributed by atoms with van der Waals surface area (Å²) in [6, 6.07) is 18.4. The molecule has 0 saturated carbocycles. The molecule has 5 aromatic rings. The fourth-order valence-electron chi connectivity index (χ4n) is 5.46. The molecule has 43 heavy (non-hydrogen) atoms. The molecule has 1 atom stereocenters. The van der Waals surface area contributed by atoms with Crippen LogP contribution in [0.5, 0.6) is 5.75 Å². The Morgan fingerprint density at radius 3 is 2.30 bits per heavy atom. The number of methoxy groups -OCH3 is 1. The number of aromatic nitrogens is 6. The molecule has 0 radical (unpaired) electrons. The zero-order chi connectivity index (χ0) is 30.0. The number of ether oxygens (including phenoxy) is 1. The van der Waals surface area contributed by atoms with Crippen molar-refractivity contribution < 1.29 is 18.6 Å². The zero-order valence-corrected chi connectivity index (χ0v) is 23.4. The number of para-hydroxylation sites is 2. The van der Waals surface area contributed by atoms with Gasteiger partial charge in [-0.1, -0.05) is 18.2 Å². The van der Waals surface area contributed by atoms with Crippen LogP contribution in [0.2, 0.25) is 0 Å². The molecule has 1 aliphatic heterocycles. The topological polar surface area (TPSA) is 106 Å². The molecule has 11 nitrogen and oxygen atoms in total. The molecule has 2 aromatic heterocycles. The van der Waals surface area contributed by atoms with Crippen molar-refractivity contribution in [2.24, 2.45) is 0 Å². The summed E-state index contributed by atoms with van der Waals surface area (Å²) in [5, 5.41) is 19.8. The average Bonchev–Trinajstić information content (AvgIpc) is 3.66. The van der Waals surface area contributed by atoms with E-state index in [0.29, 0.717) is 11.8 Å². The normalized spacial score (nSPS) is 15.0. The molecule has 1 saturated heterocycles. The van der Waals surface area contributed by atoms with E-state index in [4.69, 9.17) is 4.74 Å². The Hall–Kier alpha value is -5.04. The van der Waals surface area contributed by atoms with E-state index in [1.165, 1.54) is 28.2 Å². The van der Waals surface area contributed by atoms with Crippen LogP contribution in [0.25, 0.3) is 5.69 Å². The second-order valence-electron chi connectivity index (χ2n) is 10.4. The first-order valence-corrected chi connectivity index (χ1v) is 13.7. The van der Waals surface area contributed by atoms with Gasteiger partial charge in [-0.05, 0) is 42.5 Å². The van der Waals surface area contributed by atoms with Crippen molar-refractivity contribution in [3.05, 3.63) is 113 Å². The number of hydrogen-bond acceptors (Lipinski definition) is 8. The minimum absolute atomic E-state index is 0.194. The summed E-state index contributed by atoms with van der Waals surface area (Å²) in [6.07, 6.45) is 3.97. The van der Waals surface area contributed by atoms with Gasteiger partial charge in [0.15, 0.2) is 0 Å². The van der Waals surface area contributed by atoms with Crippen LogP contribution < -0.4 is 20.2 Å². The molecule has 0 aliphatic carbocycles. The van der Waals surface area contributed by atoms with Crippen LogP contribution in [0.15, 0.2) is 90.5 Å². The molecular formula is C30H30F2N8O3. The van der Waals surface area contributed by atoms with E-state index in [2.05, 4.69) is 31.0 Å². The molecule has 222 valence electrons. The van der Waals surface area contributed by atoms with Crippen LogP contribution in [0, 0.1) is 11.6 Å². The maximum atomic E-state index is 14.8. The fraction of sp³-hybridized carbons (Fsp3) is 0.267. The van der Waals surface area contributed by atoms with Crippen molar-refractivity contribution >= 4 is 11.4 Å². The zero-order valence-electron chi connectivity index (χ0n) is 23.4. The van der Waals surface area contributed by atoms with Gasteiger partial charge >= 0.3 is 5.69 Å². The van der Waals surface area contributed by atoms with Gasteiger partial charge in [-0.2, -0.15) is 10.2 Å². The summed E-state index contributed by atoms with van der Waals surface area (Å²) in [4.78, 5) is 21.8. The fourth-order valence-corrected chi connectivity index (χ4v) is 5.46. The van der Waals surface area contributed by atoms with Crippen LogP contribution in [-0.4, -0.2) is 67.5 Å². The molecule has 0 spiro atoms. The van der Waals surface area contributed by atoms with E-state index >= 15 is 0 Å². The van der Waals surface area contributed by atoms with Crippen molar-refractivity contribution in [3.8, 4) is 11.4 Å². The van der Waals surface area contributed by atoms with Gasteiger partial charge in [-0.25, -0.2) is 32.5 Å². The molecule has 3 heterocycles. The van der Waals surface area contributed by atoms with E-state index in [1.807, 2.05) is 42.5 Å². The van der Waals surface area contributed by atoms with E-state index in [0.717, 1.165) is 60.1 Å². The van der Waals surface area contributed by atoms with Crippen LogP contribution in [0.4, 0.5) is 20.2 Å². The van der Waals surface area contributed by atoms with Crippen LogP contribution in [0.3, 0.4) is 0 Å². The van der Waals surface area contributed by atoms with Crippen molar-refractivity contribution in [2.75, 3.05) is 43.1 Å². The van der Waals surface area contributed by atoms with Gasteiger partial charge < -0.3 is 19.6 Å². The van der Waals surface area contributed by atoms with Gasteiger partial charge in [0, 0.05) is 43.5 Å². The Bertz CT molecular complexity index is 1750. The summed E-state index contributed by atoms with van der Waals surface area (Å²) in [7, 11) is 1.68. The Morgan fingerprint density at radius 2 is 1.60 bits per heavy atom. The first kappa shape index (κ1) is 28.1. The molecule has 1 unspecified atom stereocenters. The van der Waals surface area contributed by atoms with Crippen LogP contribution >= 0.6 is 0 Å². The average molecular weight is 589 g/mol. The summed E-state index contributed by atoms with van der Waals surface area (Å²) in [5.41, 5.74) is -0.0201. The lowest BCUT2D eigenvalue weighted by Crippen LogP contribution is -2.46. The monoisotopic (exact) mass is 588 g/mol. The summed E-state index contributed by atoms with van der Waals surface area (Å²) < 4.78 is 37.7. The number of aliphatic hydroxyl groups is 1. The Kier molecular flexibility index (Phi) is 7.63. The largest absolute Gasteiger partial charge is 0.495 e. The summed E-state index contributed by atoms with van der Waals surface area (Å²) in [6.45, 7) is 2.66. The van der Waals surface area contributed by atoms with E-state index in [-0.39, 0.29) is 12.1 Å². The Morgan fingerprint density at radius 1 is 0.884 bits per heavy atom. The third-order valence-electron chi connectivity index (χ3n) is 7.67. The van der Waals surface area contributed by atoms with Gasteiger partial charge in [0.05, 0.1) is 31.6 Å². The Labute approximate surface area is 245 Å². The van der Waals surface area contributed by atoms with Crippen molar-refractivity contribution in [1.82, 2.24) is 29.1 Å². The smallest absolute Gasteiger partial charge is 0.350 e. The minimum Gasteiger partial charge on any atom is -0.495 e. The predicted molar refractivity (Wildman–Crippen MR) is 156 cm³/mol. The number of nitrogens with zero attached hydrogens (tertiary/aromatic N) is 8. The van der Waals surface area contributed by atoms with Crippen LogP contribution in [-0.2, 0) is 18.7 Å². The number of benzene rings is 3. The third-order valence-corrected chi connectivity index (χ3v) is 7.67. The highest BCUT2D eigenvalue weighted by Crippen LogP contribution is 2.30. The highest BCUT2D eigenvalue weighted by Gasteiger charge is 2.35. The van der Waals surface area contributed by atoms with Gasteiger partial charge in [0.1, 0.15) is 42.0 Å². The number of hydrogen-bond donors (Lipinski definition) is 1. The van der Waals surface area contributed by atoms with E-state index in [1.54, 1.807) is 7.11 Å². The quantitative estimate of drug-likeness (QED) is 0.280. The Balaban J connectivity index is 1.18. The molecule has 6 rings (SSSR count). The third kappa shape index (κ3) is 5.71. The van der Waals surface area contributed by atoms with E-state index < -0.39 is 29.5 Å². The van der Waals surface area contributed by atoms with Gasteiger partial charge in [-0.15, -0.1) is 0 Å². The predicted octanol–water partition coefficient (Wildman–Crippen LogP) is 2.83. The first-order valence-electron chi connectivity index (χ1n) is 13.7. The van der Waals surface area contributed by atoms with Gasteiger partial charge in [0.25, 0.3) is 0 Å². The van der Waals surface area contributed by atoms with Crippen molar-refractivity contribution in [1.29, 1.82) is 0 Å². The molecular weight excluding hydrogens is 558 g/mol. The second-order valence-corrected chi connectivity index (χ2v) is 10.4. The lowest BCUT2D eigenvalue weighted by atomic mass is 9.93. The van der Waals surface area contributed by atoms with Crippen molar-refractivity contribution in [2.45, 2.75) is 18.7 Å². The van der Waals surface area contributed by atoms with Gasteiger partial charge in [-0.3, -0.25) is 0 Å². The highest BCUT2D eigenvalue weighted by atomic mass is 19.1. The molecule has 0 bridgehead atoms. The number of rotatable bonds is 9. The maximum absolute atomic E-state index is 14.8. The molecule has 1 N–H and O–H groups in total. The summed E-state index contributed by atoms with van der Waals surface area (Å²) >= 11 is 0. The standard InChI is InChI=1S/C30H30F2N8O3/c1-43-28-5-3-2-4-27(28)37-14-12-36(13-15-37)23-7-9-24(10-8-23)39-21-35-40(29(39)41)18-30(42,17-38-20-33-19-34-38)25-11-6-22(31)16-26(25)32/h2-11,16,19-21,42H,12-15,17-18H2,1H3. The number of anilines is 2. The van der Waals surface area contributed by atoms with Gasteiger partial charge in [0.2, 0.25) is 0 Å². The first-order chi connectivity index (χ1) is 20.8. The lowest BCUT2D eigenvalue weighted by Gasteiger charge is -2.37. The maximum Gasteiger partial charge on any atom is 0.350 e. The lowest BCUT2D eigenvalue weighted by molar-refractivity contribution is -0.00948.